The van der Waals surface area contributed by atoms with Crippen LogP contribution in [0.5, 0.6) is 0 Å². The monoisotopic (exact) mass is 186 g/mol. The van der Waals surface area contributed by atoms with E-state index in [0.717, 1.165) is 11.1 Å². The van der Waals surface area contributed by atoms with E-state index in [9.17, 15) is 0 Å². The lowest BCUT2D eigenvalue weighted by atomic mass is 10.1. The number of nitrogens with zero attached hydrogens (tertiary/aromatic N) is 2. The van der Waals surface area contributed by atoms with Crippen molar-refractivity contribution < 1.29 is 0 Å². The molecule has 2 aromatic heterocycles. The van der Waals surface area contributed by atoms with Gasteiger partial charge in [0.25, 0.3) is 0 Å². The zero-order valence-corrected chi connectivity index (χ0v) is 8.51. The van der Waals surface area contributed by atoms with Crippen LogP contribution in [0.4, 0.5) is 0 Å². The first-order chi connectivity index (χ1) is 6.97. The normalized spacial score (nSPS) is 8.71. The van der Waals surface area contributed by atoms with Crippen molar-refractivity contribution in [1.82, 2.24) is 9.97 Å². The van der Waals surface area contributed by atoms with Crippen molar-refractivity contribution in [3.05, 3.63) is 49.1 Å². The minimum atomic E-state index is 1.10. The maximum absolute atomic E-state index is 4.03. The van der Waals surface area contributed by atoms with Gasteiger partial charge in [-0.05, 0) is 12.1 Å². The summed E-state index contributed by atoms with van der Waals surface area (Å²) < 4.78 is 0. The van der Waals surface area contributed by atoms with E-state index in [2.05, 4.69) is 9.97 Å². The summed E-state index contributed by atoms with van der Waals surface area (Å²) >= 11 is 0. The first kappa shape index (κ1) is 10.4. The van der Waals surface area contributed by atoms with Gasteiger partial charge in [0.15, 0.2) is 0 Å². The molecule has 0 radical (unpaired) electrons. The Labute approximate surface area is 84.7 Å². The Morgan fingerprint density at radius 3 is 1.50 bits per heavy atom. The molecular weight excluding hydrogens is 172 g/mol. The van der Waals surface area contributed by atoms with Gasteiger partial charge in [0.2, 0.25) is 0 Å². The van der Waals surface area contributed by atoms with Gasteiger partial charge in [-0.3, -0.25) is 9.97 Å². The van der Waals surface area contributed by atoms with E-state index in [4.69, 9.17) is 0 Å². The SMILES string of the molecule is CC.c1cncc(-c2cccnc2)c1. The van der Waals surface area contributed by atoms with Crippen molar-refractivity contribution in [2.75, 3.05) is 0 Å². The molecule has 2 nitrogen and oxygen atoms in total. The fourth-order valence-corrected chi connectivity index (χ4v) is 1.07. The predicted octanol–water partition coefficient (Wildman–Crippen LogP) is 3.17. The van der Waals surface area contributed by atoms with Gasteiger partial charge in [-0.25, -0.2) is 0 Å². The van der Waals surface area contributed by atoms with Crippen molar-refractivity contribution in [2.45, 2.75) is 13.8 Å². The van der Waals surface area contributed by atoms with Crippen LogP contribution < -0.4 is 0 Å². The molecule has 0 bridgehead atoms. The summed E-state index contributed by atoms with van der Waals surface area (Å²) in [4.78, 5) is 8.07. The van der Waals surface area contributed by atoms with Crippen LogP contribution in [0.1, 0.15) is 13.8 Å². The van der Waals surface area contributed by atoms with Crippen molar-refractivity contribution in [2.24, 2.45) is 0 Å². The minimum Gasteiger partial charge on any atom is -0.264 e. The summed E-state index contributed by atoms with van der Waals surface area (Å²) in [5.41, 5.74) is 2.20. The van der Waals surface area contributed by atoms with Crippen LogP contribution in [-0.4, -0.2) is 9.97 Å². The second kappa shape index (κ2) is 5.86. The number of hydrogen-bond donors (Lipinski definition) is 0. The highest BCUT2D eigenvalue weighted by Crippen LogP contribution is 2.14. The second-order valence-corrected chi connectivity index (χ2v) is 2.48. The molecule has 2 rings (SSSR count). The number of hydrogen-bond acceptors (Lipinski definition) is 2. The molecule has 2 heteroatoms. The zero-order valence-electron chi connectivity index (χ0n) is 8.51. The van der Waals surface area contributed by atoms with Gasteiger partial charge in [0, 0.05) is 35.9 Å². The third-order valence-electron chi connectivity index (χ3n) is 1.66. The topological polar surface area (TPSA) is 25.8 Å². The first-order valence-electron chi connectivity index (χ1n) is 4.77. The molecular formula is C12H14N2. The highest BCUT2D eigenvalue weighted by atomic mass is 14.6. The molecule has 72 valence electrons. The van der Waals surface area contributed by atoms with Crippen LogP contribution in [0.15, 0.2) is 49.1 Å². The van der Waals surface area contributed by atoms with Gasteiger partial charge >= 0.3 is 0 Å². The summed E-state index contributed by atoms with van der Waals surface area (Å²) in [7, 11) is 0. The molecule has 0 aliphatic carbocycles. The van der Waals surface area contributed by atoms with Crippen LogP contribution in [0.3, 0.4) is 0 Å². The van der Waals surface area contributed by atoms with Crippen LogP contribution >= 0.6 is 0 Å². The van der Waals surface area contributed by atoms with Gasteiger partial charge < -0.3 is 0 Å². The average Bonchev–Trinajstić information content (AvgIpc) is 2.34. The fourth-order valence-electron chi connectivity index (χ4n) is 1.07. The summed E-state index contributed by atoms with van der Waals surface area (Å²) in [6.45, 7) is 4.00. The Hall–Kier alpha value is -1.70. The molecule has 0 unspecified atom stereocenters. The Morgan fingerprint density at radius 1 is 0.786 bits per heavy atom. The molecule has 0 spiro atoms. The van der Waals surface area contributed by atoms with Crippen LogP contribution in [-0.2, 0) is 0 Å². The standard InChI is InChI=1S/C10H8N2.C2H6/c1-3-9(7-11-5-1)10-4-2-6-12-8-10;1-2/h1-8H;1-2H3. The summed E-state index contributed by atoms with van der Waals surface area (Å²) in [6.07, 6.45) is 7.19. The molecule has 2 aromatic rings. The smallest absolute Gasteiger partial charge is 0.0346 e. The first-order valence-corrected chi connectivity index (χ1v) is 4.77. The molecule has 2 heterocycles. The molecule has 0 saturated heterocycles. The molecule has 0 amide bonds. The molecule has 0 aliphatic heterocycles. The predicted molar refractivity (Wildman–Crippen MR) is 58.8 cm³/mol. The lowest BCUT2D eigenvalue weighted by molar-refractivity contribution is 1.30. The Bertz CT molecular complexity index is 306. The molecule has 0 N–H and O–H groups in total. The van der Waals surface area contributed by atoms with Gasteiger partial charge in [-0.15, -0.1) is 0 Å². The van der Waals surface area contributed by atoms with E-state index in [0.29, 0.717) is 0 Å². The lowest BCUT2D eigenvalue weighted by Gasteiger charge is -1.97. The fraction of sp³-hybridized carbons (Fsp3) is 0.167. The van der Waals surface area contributed by atoms with Gasteiger partial charge in [-0.1, -0.05) is 26.0 Å². The molecule has 0 aliphatic rings. The van der Waals surface area contributed by atoms with Crippen LogP contribution in [0, 0.1) is 0 Å². The Morgan fingerprint density at radius 2 is 1.21 bits per heavy atom. The van der Waals surface area contributed by atoms with Gasteiger partial charge in [-0.2, -0.15) is 0 Å². The Balaban J connectivity index is 0.000000461. The van der Waals surface area contributed by atoms with E-state index in [1.165, 1.54) is 0 Å². The van der Waals surface area contributed by atoms with Crippen molar-refractivity contribution in [1.29, 1.82) is 0 Å². The number of rotatable bonds is 1. The lowest BCUT2D eigenvalue weighted by Crippen LogP contribution is -1.79. The van der Waals surface area contributed by atoms with Crippen molar-refractivity contribution in [3.63, 3.8) is 0 Å². The summed E-state index contributed by atoms with van der Waals surface area (Å²) in [6, 6.07) is 7.87. The van der Waals surface area contributed by atoms with Crippen LogP contribution in [0.25, 0.3) is 11.1 Å². The largest absolute Gasteiger partial charge is 0.264 e. The molecule has 0 fully saturated rings. The minimum absolute atomic E-state index is 1.10. The highest BCUT2D eigenvalue weighted by molar-refractivity contribution is 5.60. The maximum atomic E-state index is 4.03. The van der Waals surface area contributed by atoms with E-state index in [-0.39, 0.29) is 0 Å². The van der Waals surface area contributed by atoms with E-state index in [1.54, 1.807) is 12.4 Å². The quantitative estimate of drug-likeness (QED) is 0.683. The third-order valence-corrected chi connectivity index (χ3v) is 1.66. The van der Waals surface area contributed by atoms with Gasteiger partial charge in [0.1, 0.15) is 0 Å². The van der Waals surface area contributed by atoms with Crippen LogP contribution in [0.2, 0.25) is 0 Å². The van der Waals surface area contributed by atoms with Crippen molar-refractivity contribution >= 4 is 0 Å². The average molecular weight is 186 g/mol. The highest BCUT2D eigenvalue weighted by Gasteiger charge is 1.93. The van der Waals surface area contributed by atoms with Crippen molar-refractivity contribution in [3.8, 4) is 11.1 Å². The third kappa shape index (κ3) is 2.66. The molecule has 0 aromatic carbocycles. The maximum Gasteiger partial charge on any atom is 0.0346 e. The number of aromatic nitrogens is 2. The van der Waals surface area contributed by atoms with E-state index < -0.39 is 0 Å². The number of pyridine rings is 2. The Kier molecular flexibility index (Phi) is 4.35. The van der Waals surface area contributed by atoms with Gasteiger partial charge in [0.05, 0.1) is 0 Å². The summed E-state index contributed by atoms with van der Waals surface area (Å²) in [5.74, 6) is 0. The zero-order chi connectivity index (χ0) is 10.2. The summed E-state index contributed by atoms with van der Waals surface area (Å²) in [5, 5.41) is 0. The molecule has 14 heavy (non-hydrogen) atoms. The molecule has 0 atom stereocenters. The second-order valence-electron chi connectivity index (χ2n) is 2.48. The molecule has 0 saturated carbocycles. The van der Waals surface area contributed by atoms with E-state index in [1.807, 2.05) is 50.5 Å². The van der Waals surface area contributed by atoms with E-state index >= 15 is 0 Å².